The van der Waals surface area contributed by atoms with Crippen molar-refractivity contribution in [2.24, 2.45) is 0 Å². The van der Waals surface area contributed by atoms with E-state index in [2.05, 4.69) is 4.98 Å². The van der Waals surface area contributed by atoms with Crippen LogP contribution >= 0.6 is 0 Å². The van der Waals surface area contributed by atoms with Gasteiger partial charge in [0.1, 0.15) is 5.82 Å². The molecule has 2 aromatic heterocycles. The maximum Gasteiger partial charge on any atom is 0.259 e. The quantitative estimate of drug-likeness (QED) is 0.327. The molecule has 0 aliphatic carbocycles. The molecule has 2 aromatic carbocycles. The van der Waals surface area contributed by atoms with Gasteiger partial charge in [-0.05, 0) is 35.4 Å². The van der Waals surface area contributed by atoms with Crippen LogP contribution in [-0.4, -0.2) is 10.8 Å². The van der Waals surface area contributed by atoms with Crippen LogP contribution in [0.4, 0.5) is 4.39 Å². The zero-order valence-electron chi connectivity index (χ0n) is 14.4. The standard InChI is InChI=1S/C22H17FN2O2/c23-16-9-10-20-18(12-16)19(14-24-20)17(15-6-2-1-3-7-15)13-22(26)21-8-4-5-11-25(21)27/h1-12,14,17,24H,13H2/t17-/m1/s1. The van der Waals surface area contributed by atoms with Crippen LogP contribution in [0.15, 0.2) is 79.1 Å². The summed E-state index contributed by atoms with van der Waals surface area (Å²) in [6.07, 6.45) is 3.23. The number of Topliss-reactive ketones (excluding diaryl/α,β-unsaturated/α-hetero) is 1. The van der Waals surface area contributed by atoms with E-state index < -0.39 is 0 Å². The lowest BCUT2D eigenvalue weighted by Crippen LogP contribution is -2.34. The van der Waals surface area contributed by atoms with E-state index in [9.17, 15) is 14.4 Å². The van der Waals surface area contributed by atoms with Crippen LogP contribution in [0, 0.1) is 11.0 Å². The van der Waals surface area contributed by atoms with Gasteiger partial charge < -0.3 is 10.2 Å². The van der Waals surface area contributed by atoms with E-state index in [1.807, 2.05) is 36.5 Å². The Morgan fingerprint density at radius 2 is 1.85 bits per heavy atom. The van der Waals surface area contributed by atoms with Crippen LogP contribution in [0.1, 0.15) is 34.0 Å². The second-order valence-electron chi connectivity index (χ2n) is 6.44. The van der Waals surface area contributed by atoms with E-state index in [4.69, 9.17) is 0 Å². The van der Waals surface area contributed by atoms with Crippen LogP contribution in [0.2, 0.25) is 0 Å². The number of hydrogen-bond donors (Lipinski definition) is 1. The lowest BCUT2D eigenvalue weighted by molar-refractivity contribution is -0.607. The fourth-order valence-corrected chi connectivity index (χ4v) is 3.43. The van der Waals surface area contributed by atoms with E-state index in [0.717, 1.165) is 22.0 Å². The number of rotatable bonds is 5. The summed E-state index contributed by atoms with van der Waals surface area (Å²) in [4.78, 5) is 16.0. The first-order valence-electron chi connectivity index (χ1n) is 8.66. The number of nitrogens with one attached hydrogen (secondary N) is 1. The largest absolute Gasteiger partial charge is 0.618 e. The summed E-state index contributed by atoms with van der Waals surface area (Å²) in [7, 11) is 0. The van der Waals surface area contributed by atoms with Gasteiger partial charge in [0.2, 0.25) is 5.78 Å². The number of H-pyrrole nitrogens is 1. The molecule has 2 heterocycles. The number of fused-ring (bicyclic) bond motifs is 1. The third-order valence-electron chi connectivity index (χ3n) is 4.75. The zero-order valence-corrected chi connectivity index (χ0v) is 14.4. The molecule has 0 radical (unpaired) electrons. The fraction of sp³-hybridized carbons (Fsp3) is 0.0909. The predicted octanol–water partition coefficient (Wildman–Crippen LogP) is 4.35. The lowest BCUT2D eigenvalue weighted by atomic mass is 9.86. The molecule has 4 nitrogen and oxygen atoms in total. The average Bonchev–Trinajstić information content (AvgIpc) is 3.09. The van der Waals surface area contributed by atoms with Crippen molar-refractivity contribution in [3.63, 3.8) is 0 Å². The molecule has 0 bridgehead atoms. The Morgan fingerprint density at radius 3 is 2.63 bits per heavy atom. The summed E-state index contributed by atoms with van der Waals surface area (Å²) in [6, 6.07) is 18.9. The van der Waals surface area contributed by atoms with Crippen LogP contribution in [0.5, 0.6) is 0 Å². The molecule has 0 aliphatic rings. The Kier molecular flexibility index (Phi) is 4.42. The number of hydrogen-bond acceptors (Lipinski definition) is 2. The lowest BCUT2D eigenvalue weighted by Gasteiger charge is -2.16. The molecule has 0 unspecified atom stereocenters. The molecule has 4 rings (SSSR count). The zero-order chi connectivity index (χ0) is 18.8. The minimum absolute atomic E-state index is 0.101. The second-order valence-corrected chi connectivity index (χ2v) is 6.44. The Bertz CT molecular complexity index is 1110. The van der Waals surface area contributed by atoms with Crippen molar-refractivity contribution < 1.29 is 13.9 Å². The van der Waals surface area contributed by atoms with E-state index in [1.54, 1.807) is 18.2 Å². The number of pyridine rings is 1. The summed E-state index contributed by atoms with van der Waals surface area (Å²) in [5, 5.41) is 12.7. The van der Waals surface area contributed by atoms with Crippen molar-refractivity contribution in [1.29, 1.82) is 0 Å². The fourth-order valence-electron chi connectivity index (χ4n) is 3.43. The minimum Gasteiger partial charge on any atom is -0.618 e. The highest BCUT2D eigenvalue weighted by atomic mass is 19.1. The molecule has 0 saturated carbocycles. The Balaban J connectivity index is 1.79. The average molecular weight is 360 g/mol. The van der Waals surface area contributed by atoms with E-state index >= 15 is 0 Å². The number of carbonyl (C=O) groups excluding carboxylic acids is 1. The highest BCUT2D eigenvalue weighted by Crippen LogP contribution is 2.34. The summed E-state index contributed by atoms with van der Waals surface area (Å²) in [5.41, 5.74) is 2.67. The van der Waals surface area contributed by atoms with Gasteiger partial charge in [0, 0.05) is 41.6 Å². The Hall–Kier alpha value is -3.47. The number of aromatic amines is 1. The molecule has 27 heavy (non-hydrogen) atoms. The third-order valence-corrected chi connectivity index (χ3v) is 4.75. The minimum atomic E-state index is -0.332. The van der Waals surface area contributed by atoms with Gasteiger partial charge in [0.05, 0.1) is 0 Å². The second kappa shape index (κ2) is 7.03. The molecule has 0 spiro atoms. The van der Waals surface area contributed by atoms with Crippen molar-refractivity contribution in [2.45, 2.75) is 12.3 Å². The molecule has 1 atom stereocenters. The molecule has 1 N–H and O–H groups in total. The van der Waals surface area contributed by atoms with Gasteiger partial charge >= 0.3 is 0 Å². The topological polar surface area (TPSA) is 59.8 Å². The molecular weight excluding hydrogens is 343 g/mol. The molecule has 0 saturated heterocycles. The van der Waals surface area contributed by atoms with Crippen LogP contribution in [-0.2, 0) is 0 Å². The first-order valence-corrected chi connectivity index (χ1v) is 8.66. The number of nitrogens with zero attached hydrogens (tertiary/aromatic N) is 1. The van der Waals surface area contributed by atoms with Crippen molar-refractivity contribution >= 4 is 16.7 Å². The summed E-state index contributed by atoms with van der Waals surface area (Å²) < 4.78 is 14.4. The smallest absolute Gasteiger partial charge is 0.259 e. The molecule has 4 aromatic rings. The molecule has 134 valence electrons. The van der Waals surface area contributed by atoms with E-state index in [0.29, 0.717) is 4.73 Å². The summed E-state index contributed by atoms with van der Waals surface area (Å²) in [6.45, 7) is 0. The normalized spacial score (nSPS) is 12.2. The number of carbonyl (C=O) groups is 1. The van der Waals surface area contributed by atoms with Crippen LogP contribution in [0.25, 0.3) is 10.9 Å². The first-order chi connectivity index (χ1) is 13.1. The van der Waals surface area contributed by atoms with Gasteiger partial charge in [-0.1, -0.05) is 30.3 Å². The molecule has 0 fully saturated rings. The molecule has 0 aliphatic heterocycles. The summed E-state index contributed by atoms with van der Waals surface area (Å²) >= 11 is 0. The number of benzene rings is 2. The van der Waals surface area contributed by atoms with Gasteiger partial charge in [0.25, 0.3) is 5.69 Å². The van der Waals surface area contributed by atoms with Crippen LogP contribution in [0.3, 0.4) is 0 Å². The van der Waals surface area contributed by atoms with Gasteiger partial charge in [-0.2, -0.15) is 4.73 Å². The van der Waals surface area contributed by atoms with Crippen molar-refractivity contribution in [3.8, 4) is 0 Å². The number of ketones is 1. The van der Waals surface area contributed by atoms with Crippen molar-refractivity contribution in [3.05, 3.63) is 107 Å². The van der Waals surface area contributed by atoms with E-state index in [1.165, 1.54) is 24.4 Å². The monoisotopic (exact) mass is 360 g/mol. The Morgan fingerprint density at radius 1 is 1.07 bits per heavy atom. The summed E-state index contributed by atoms with van der Waals surface area (Å²) in [5.74, 6) is -0.887. The molecular formula is C22H17FN2O2. The van der Waals surface area contributed by atoms with Crippen molar-refractivity contribution in [1.82, 2.24) is 4.98 Å². The van der Waals surface area contributed by atoms with Crippen LogP contribution < -0.4 is 4.73 Å². The molecule has 5 heteroatoms. The number of halogens is 1. The van der Waals surface area contributed by atoms with Gasteiger partial charge in [-0.25, -0.2) is 4.39 Å². The predicted molar refractivity (Wildman–Crippen MR) is 101 cm³/mol. The Labute approximate surface area is 155 Å². The third kappa shape index (κ3) is 3.31. The van der Waals surface area contributed by atoms with Crippen molar-refractivity contribution in [2.75, 3.05) is 0 Å². The maximum absolute atomic E-state index is 13.8. The van der Waals surface area contributed by atoms with E-state index in [-0.39, 0.29) is 29.6 Å². The highest BCUT2D eigenvalue weighted by Gasteiger charge is 2.25. The highest BCUT2D eigenvalue weighted by molar-refractivity contribution is 5.94. The van der Waals surface area contributed by atoms with Gasteiger partial charge in [0.15, 0.2) is 6.20 Å². The molecule has 0 amide bonds. The maximum atomic E-state index is 13.8. The number of aromatic nitrogens is 2. The first kappa shape index (κ1) is 17.0. The SMILES string of the molecule is O=C(C[C@H](c1ccccc1)c1c[nH]c2ccc(F)cc12)c1cccc[n+]1[O-]. The van der Waals surface area contributed by atoms with Gasteiger partial charge in [-0.3, -0.25) is 4.79 Å². The van der Waals surface area contributed by atoms with Gasteiger partial charge in [-0.15, -0.1) is 0 Å².